The van der Waals surface area contributed by atoms with Gasteiger partial charge in [-0.3, -0.25) is 0 Å². The maximum Gasteiger partial charge on any atom is 0.0975 e. The molecule has 0 aliphatic heterocycles. The molecule has 0 aliphatic carbocycles. The maximum atomic E-state index is 10.4. The lowest BCUT2D eigenvalue weighted by Crippen LogP contribution is -1.93. The predicted molar refractivity (Wildman–Crippen MR) is 105 cm³/mol. The fourth-order valence-electron chi connectivity index (χ4n) is 2.76. The molecule has 0 aromatic heterocycles. The van der Waals surface area contributed by atoms with Crippen LogP contribution in [0.4, 0.5) is 0 Å². The summed E-state index contributed by atoms with van der Waals surface area (Å²) in [7, 11) is 0. The van der Waals surface area contributed by atoms with Crippen molar-refractivity contribution < 1.29 is 5.11 Å². The largest absolute Gasteiger partial charge is 0.384 e. The highest BCUT2D eigenvalue weighted by atomic mass is 16.3. The van der Waals surface area contributed by atoms with Crippen LogP contribution >= 0.6 is 0 Å². The third kappa shape index (κ3) is 3.37. The van der Waals surface area contributed by atoms with Gasteiger partial charge in [0, 0.05) is 0 Å². The Kier molecular flexibility index (Phi) is 4.74. The lowest BCUT2D eigenvalue weighted by Gasteiger charge is -2.08. The summed E-state index contributed by atoms with van der Waals surface area (Å²) in [6.07, 6.45) is 6.73. The standard InChI is InChI=1S/C23H20O/c1-3-18-11-9-17(15-19(18)4-2)10-14-23(24)22-13-12-20-7-5-6-8-21(20)16-22/h3-16,23-24H,1-2H2/b14-10+. The summed E-state index contributed by atoms with van der Waals surface area (Å²) in [5, 5.41) is 12.8. The van der Waals surface area contributed by atoms with E-state index < -0.39 is 6.10 Å². The lowest BCUT2D eigenvalue weighted by molar-refractivity contribution is 0.229. The Hall–Kier alpha value is -2.90. The second kappa shape index (κ2) is 7.12. The molecule has 24 heavy (non-hydrogen) atoms. The Morgan fingerprint density at radius 3 is 2.29 bits per heavy atom. The van der Waals surface area contributed by atoms with Gasteiger partial charge in [-0.1, -0.05) is 86.0 Å². The number of aliphatic hydroxyl groups excluding tert-OH is 1. The van der Waals surface area contributed by atoms with E-state index in [-0.39, 0.29) is 0 Å². The molecule has 0 amide bonds. The Morgan fingerprint density at radius 1 is 0.792 bits per heavy atom. The molecular formula is C23H20O. The smallest absolute Gasteiger partial charge is 0.0975 e. The van der Waals surface area contributed by atoms with E-state index in [0.29, 0.717) is 0 Å². The highest BCUT2D eigenvalue weighted by molar-refractivity contribution is 5.83. The summed E-state index contributed by atoms with van der Waals surface area (Å²) in [6, 6.07) is 20.2. The zero-order chi connectivity index (χ0) is 16.9. The van der Waals surface area contributed by atoms with E-state index in [1.807, 2.05) is 66.8 Å². The monoisotopic (exact) mass is 312 g/mol. The van der Waals surface area contributed by atoms with Crippen LogP contribution in [0.5, 0.6) is 0 Å². The summed E-state index contributed by atoms with van der Waals surface area (Å²) in [6.45, 7) is 7.63. The van der Waals surface area contributed by atoms with E-state index >= 15 is 0 Å². The molecular weight excluding hydrogens is 292 g/mol. The highest BCUT2D eigenvalue weighted by Gasteiger charge is 2.04. The van der Waals surface area contributed by atoms with Crippen molar-refractivity contribution in [2.45, 2.75) is 6.10 Å². The van der Waals surface area contributed by atoms with Crippen LogP contribution < -0.4 is 0 Å². The number of benzene rings is 3. The lowest BCUT2D eigenvalue weighted by atomic mass is 10.0. The van der Waals surface area contributed by atoms with E-state index in [0.717, 1.165) is 27.6 Å². The molecule has 0 radical (unpaired) electrons. The van der Waals surface area contributed by atoms with Crippen LogP contribution in [0.2, 0.25) is 0 Å². The second-order valence-electron chi connectivity index (χ2n) is 5.71. The van der Waals surface area contributed by atoms with Gasteiger partial charge < -0.3 is 5.11 Å². The van der Waals surface area contributed by atoms with Crippen LogP contribution in [0.25, 0.3) is 29.0 Å². The van der Waals surface area contributed by atoms with E-state index in [4.69, 9.17) is 0 Å². The highest BCUT2D eigenvalue weighted by Crippen LogP contribution is 2.22. The number of hydrogen-bond acceptors (Lipinski definition) is 1. The first-order chi connectivity index (χ1) is 11.7. The molecule has 0 saturated heterocycles. The van der Waals surface area contributed by atoms with Gasteiger partial charge >= 0.3 is 0 Å². The molecule has 0 aliphatic rings. The summed E-state index contributed by atoms with van der Waals surface area (Å²) < 4.78 is 0. The van der Waals surface area contributed by atoms with Crippen LogP contribution in [0.3, 0.4) is 0 Å². The molecule has 1 N–H and O–H groups in total. The molecule has 0 saturated carbocycles. The van der Waals surface area contributed by atoms with Crippen molar-refractivity contribution >= 4 is 29.0 Å². The first-order valence-electron chi connectivity index (χ1n) is 7.95. The quantitative estimate of drug-likeness (QED) is 0.624. The van der Waals surface area contributed by atoms with Gasteiger partial charge in [0.1, 0.15) is 0 Å². The average Bonchev–Trinajstić information content (AvgIpc) is 2.65. The molecule has 0 bridgehead atoms. The van der Waals surface area contributed by atoms with Crippen LogP contribution in [0, 0.1) is 0 Å². The normalized spacial score (nSPS) is 12.4. The van der Waals surface area contributed by atoms with Crippen LogP contribution in [0.15, 0.2) is 79.9 Å². The predicted octanol–water partition coefficient (Wildman–Crippen LogP) is 5.87. The Bertz CT molecular complexity index is 918. The molecule has 3 aromatic carbocycles. The average molecular weight is 312 g/mol. The molecule has 1 atom stereocenters. The van der Waals surface area contributed by atoms with Crippen LogP contribution in [-0.4, -0.2) is 5.11 Å². The molecule has 3 rings (SSSR count). The minimum absolute atomic E-state index is 0.638. The molecule has 118 valence electrons. The third-order valence-corrected chi connectivity index (χ3v) is 4.14. The topological polar surface area (TPSA) is 20.2 Å². The van der Waals surface area contributed by atoms with Gasteiger partial charge in [-0.2, -0.15) is 0 Å². The SMILES string of the molecule is C=Cc1ccc(/C=C/C(O)c2ccc3ccccc3c2)cc1C=C. The molecule has 1 nitrogen and oxygen atoms in total. The summed E-state index contributed by atoms with van der Waals surface area (Å²) in [4.78, 5) is 0. The van der Waals surface area contributed by atoms with Crippen molar-refractivity contribution in [1.82, 2.24) is 0 Å². The van der Waals surface area contributed by atoms with Crippen molar-refractivity contribution in [2.24, 2.45) is 0 Å². The van der Waals surface area contributed by atoms with Gasteiger partial charge in [-0.25, -0.2) is 0 Å². The van der Waals surface area contributed by atoms with Gasteiger partial charge in [0.25, 0.3) is 0 Å². The van der Waals surface area contributed by atoms with Gasteiger partial charge in [0.15, 0.2) is 0 Å². The number of rotatable bonds is 5. The fraction of sp³-hybridized carbons (Fsp3) is 0.0435. The van der Waals surface area contributed by atoms with Gasteiger partial charge in [0.2, 0.25) is 0 Å². The van der Waals surface area contributed by atoms with Crippen molar-refractivity contribution in [2.75, 3.05) is 0 Å². The molecule has 3 aromatic rings. The van der Waals surface area contributed by atoms with Crippen molar-refractivity contribution in [3.8, 4) is 0 Å². The zero-order valence-electron chi connectivity index (χ0n) is 13.5. The Morgan fingerprint density at radius 2 is 1.54 bits per heavy atom. The first kappa shape index (κ1) is 16.0. The van der Waals surface area contributed by atoms with E-state index in [1.54, 1.807) is 6.08 Å². The molecule has 0 heterocycles. The van der Waals surface area contributed by atoms with Gasteiger partial charge in [0.05, 0.1) is 6.10 Å². The zero-order valence-corrected chi connectivity index (χ0v) is 13.5. The van der Waals surface area contributed by atoms with E-state index in [9.17, 15) is 5.11 Å². The minimum atomic E-state index is -0.638. The first-order valence-corrected chi connectivity index (χ1v) is 7.95. The van der Waals surface area contributed by atoms with Crippen LogP contribution in [0.1, 0.15) is 28.4 Å². The van der Waals surface area contributed by atoms with Gasteiger partial charge in [-0.05, 0) is 45.2 Å². The van der Waals surface area contributed by atoms with Crippen molar-refractivity contribution in [3.05, 3.63) is 102 Å². The third-order valence-electron chi connectivity index (χ3n) is 4.14. The summed E-state index contributed by atoms with van der Waals surface area (Å²) in [5.74, 6) is 0. The molecule has 1 heteroatoms. The van der Waals surface area contributed by atoms with E-state index in [2.05, 4.69) is 25.3 Å². The van der Waals surface area contributed by atoms with Gasteiger partial charge in [-0.15, -0.1) is 0 Å². The summed E-state index contributed by atoms with van der Waals surface area (Å²) >= 11 is 0. The minimum Gasteiger partial charge on any atom is -0.384 e. The number of fused-ring (bicyclic) bond motifs is 1. The fourth-order valence-corrected chi connectivity index (χ4v) is 2.76. The second-order valence-corrected chi connectivity index (χ2v) is 5.71. The van der Waals surface area contributed by atoms with E-state index in [1.165, 1.54) is 5.39 Å². The molecule has 1 unspecified atom stereocenters. The number of hydrogen-bond donors (Lipinski definition) is 1. The van der Waals surface area contributed by atoms with Crippen molar-refractivity contribution in [3.63, 3.8) is 0 Å². The Labute approximate surface area is 142 Å². The maximum absolute atomic E-state index is 10.4. The molecule has 0 fully saturated rings. The van der Waals surface area contributed by atoms with Crippen LogP contribution in [-0.2, 0) is 0 Å². The van der Waals surface area contributed by atoms with Crippen molar-refractivity contribution in [1.29, 1.82) is 0 Å². The molecule has 0 spiro atoms. The Balaban J connectivity index is 1.84. The number of aliphatic hydroxyl groups is 1. The summed E-state index contributed by atoms with van der Waals surface area (Å²) in [5.41, 5.74) is 4.00.